The molecule has 24 heteroatoms. The van der Waals surface area contributed by atoms with Crippen LogP contribution in [-0.2, 0) is 17.7 Å². The maximum Gasteiger partial charge on any atom is 0.492 e. The van der Waals surface area contributed by atoms with E-state index in [9.17, 15) is 4.57 Å². The van der Waals surface area contributed by atoms with E-state index in [0.717, 1.165) is 44.9 Å². The van der Waals surface area contributed by atoms with Crippen molar-refractivity contribution in [3.8, 4) is 39.8 Å². The van der Waals surface area contributed by atoms with Crippen LogP contribution in [0.5, 0.6) is 17.2 Å². The zero-order valence-electron chi connectivity index (χ0n) is 43.2. The van der Waals surface area contributed by atoms with E-state index in [2.05, 4.69) is 88.5 Å². The number of aromatic nitrogens is 9. The highest BCUT2D eigenvalue weighted by Gasteiger charge is 2.16. The smallest absolute Gasteiger partial charge is 0.492 e. The van der Waals surface area contributed by atoms with Crippen LogP contribution in [0.4, 0.5) is 5.95 Å². The minimum absolute atomic E-state index is 0. The molecule has 8 rings (SSSR count). The number of ether oxygens (including phenoxy) is 3. The van der Waals surface area contributed by atoms with E-state index in [1.807, 2.05) is 86.6 Å². The maximum atomic E-state index is 12.1. The van der Waals surface area contributed by atoms with E-state index in [1.165, 1.54) is 18.0 Å². The van der Waals surface area contributed by atoms with Crippen LogP contribution in [0, 0.1) is 20.8 Å². The second kappa shape index (κ2) is 33.0. The molecule has 0 unspecified atom stereocenters. The third kappa shape index (κ3) is 20.7. The monoisotopic (exact) mass is 1130 g/mol. The molecule has 0 saturated carbocycles. The molecule has 0 spiro atoms. The second-order valence-electron chi connectivity index (χ2n) is 16.2. The number of nitrogens with zero attached hydrogens (tertiary/aromatic N) is 9. The van der Waals surface area contributed by atoms with Crippen molar-refractivity contribution in [2.45, 2.75) is 41.3 Å². The van der Waals surface area contributed by atoms with Gasteiger partial charge in [0.1, 0.15) is 35.8 Å². The number of aryl methyl sites for hydroxylation is 3. The van der Waals surface area contributed by atoms with E-state index in [0.29, 0.717) is 52.5 Å². The van der Waals surface area contributed by atoms with Crippen molar-refractivity contribution in [3.63, 3.8) is 0 Å². The number of hydrogen-bond donors (Lipinski definition) is 4. The van der Waals surface area contributed by atoms with Gasteiger partial charge in [0.2, 0.25) is 16.5 Å². The summed E-state index contributed by atoms with van der Waals surface area (Å²) < 4.78 is 27.7. The van der Waals surface area contributed by atoms with Gasteiger partial charge in [-0.25, -0.2) is 15.0 Å². The van der Waals surface area contributed by atoms with E-state index in [4.69, 9.17) is 64.8 Å². The third-order valence-corrected chi connectivity index (χ3v) is 13.8. The zero-order chi connectivity index (χ0) is 54.4. The third-order valence-electron chi connectivity index (χ3n) is 10.3. The Morgan fingerprint density at radius 1 is 0.605 bits per heavy atom. The van der Waals surface area contributed by atoms with Crippen LogP contribution in [0.25, 0.3) is 22.5 Å². The Balaban J connectivity index is 0.000000346. The van der Waals surface area contributed by atoms with Gasteiger partial charge in [-0.2, -0.15) is 5.10 Å². The average molecular weight is 1140 g/mol. The molecule has 5 aromatic carbocycles. The van der Waals surface area contributed by atoms with Crippen molar-refractivity contribution in [2.24, 2.45) is 5.73 Å². The molecule has 7 N–H and O–H groups in total. The Morgan fingerprint density at radius 3 is 1.50 bits per heavy atom. The summed E-state index contributed by atoms with van der Waals surface area (Å²) in [5.41, 5.74) is 13.3. The lowest BCUT2D eigenvalue weighted by atomic mass is 9.80. The molecule has 3 aromatic heterocycles. The van der Waals surface area contributed by atoms with Gasteiger partial charge in [0.25, 0.3) is 0 Å². The Bertz CT molecular complexity index is 3080. The lowest BCUT2D eigenvalue weighted by molar-refractivity contribution is 0.403. The number of nitrogens with one attached hydrogen (secondary N) is 1. The Morgan fingerprint density at radius 2 is 1.05 bits per heavy atom. The van der Waals surface area contributed by atoms with Gasteiger partial charge in [0.05, 0.1) is 38.4 Å². The van der Waals surface area contributed by atoms with Crippen LogP contribution in [0.3, 0.4) is 0 Å². The molecule has 0 saturated heterocycles. The first kappa shape index (κ1) is 65.9. The highest BCUT2D eigenvalue weighted by molar-refractivity contribution is 7.70. The first-order valence-electron chi connectivity index (χ1n) is 22.5. The van der Waals surface area contributed by atoms with Gasteiger partial charge in [-0.15, -0.1) is 25.5 Å². The molecule has 0 amide bonds. The number of anilines is 1. The van der Waals surface area contributed by atoms with Gasteiger partial charge < -0.3 is 45.4 Å². The van der Waals surface area contributed by atoms with Gasteiger partial charge >= 0.3 is 7.12 Å². The molecule has 76 heavy (non-hydrogen) atoms. The van der Waals surface area contributed by atoms with Gasteiger partial charge in [0, 0.05) is 35.0 Å². The highest BCUT2D eigenvalue weighted by atomic mass is 35.5. The van der Waals surface area contributed by atoms with E-state index in [1.54, 1.807) is 58.7 Å². The molecule has 0 aliphatic carbocycles. The summed E-state index contributed by atoms with van der Waals surface area (Å²) in [5.74, 6) is 2.41. The first-order valence-corrected chi connectivity index (χ1v) is 28.5. The summed E-state index contributed by atoms with van der Waals surface area (Å²) in [6, 6.07) is 38.4. The average Bonchev–Trinajstić information content (AvgIpc) is 3.40. The fourth-order valence-corrected chi connectivity index (χ4v) is 8.33. The first-order chi connectivity index (χ1) is 35.3. The predicted molar refractivity (Wildman–Crippen MR) is 311 cm³/mol. The summed E-state index contributed by atoms with van der Waals surface area (Å²) >= 11 is 16.6. The fourth-order valence-electron chi connectivity index (χ4n) is 6.31. The largest absolute Gasteiger partial charge is 0.497 e. The zero-order valence-corrected chi connectivity index (χ0v) is 47.3. The van der Waals surface area contributed by atoms with Crippen molar-refractivity contribution in [1.29, 1.82) is 0 Å². The maximum absolute atomic E-state index is 12.1. The van der Waals surface area contributed by atoms with Gasteiger partial charge in [-0.05, 0) is 117 Å². The van der Waals surface area contributed by atoms with Crippen molar-refractivity contribution in [1.82, 2.24) is 45.5 Å². The van der Waals surface area contributed by atoms with E-state index < -0.39 is 14.3 Å². The normalized spacial score (nSPS) is 10.2. The molecule has 0 aliphatic rings. The summed E-state index contributed by atoms with van der Waals surface area (Å²) in [5, 5.41) is 46.7. The minimum Gasteiger partial charge on any atom is -0.497 e. The van der Waals surface area contributed by atoms with Crippen molar-refractivity contribution >= 4 is 79.0 Å². The molecular formula is C52H65BCl3N11O7P2. The van der Waals surface area contributed by atoms with E-state index >= 15 is 0 Å². The summed E-state index contributed by atoms with van der Waals surface area (Å²) in [4.78, 5) is 12.4. The lowest BCUT2D eigenvalue weighted by Crippen LogP contribution is -2.30. The molecule has 404 valence electrons. The number of hydrogen-bond acceptors (Lipinski definition) is 17. The van der Waals surface area contributed by atoms with Crippen LogP contribution in [0.2, 0.25) is 15.7 Å². The van der Waals surface area contributed by atoms with Crippen LogP contribution in [0.15, 0.2) is 121 Å². The lowest BCUT2D eigenvalue weighted by Gasteiger charge is -2.11. The summed E-state index contributed by atoms with van der Waals surface area (Å²) in [6.07, 6.45) is 0. The van der Waals surface area contributed by atoms with Crippen LogP contribution >= 0.6 is 49.9 Å². The Kier molecular flexibility index (Phi) is 28.6. The molecule has 8 aromatic rings. The predicted octanol–water partition coefficient (Wildman–Crippen LogP) is 8.41. The molecule has 0 radical (unpaired) electrons. The topological polar surface area (TPSA) is 271 Å². The SMILES string of the molecule is C.COc1ccccc1-c1nc(Cl)nnc1C.COc1ccccc1-c1nc(NCc2ccc(P(C)(C)=O)cc2)nnc1C.COc1ccccc1B(O)O.CP(C)c1ccc(CN)cc1.Cc1nnc(Cl)nc1Cl.O. The van der Waals surface area contributed by atoms with Crippen molar-refractivity contribution in [3.05, 3.63) is 165 Å². The van der Waals surface area contributed by atoms with Crippen molar-refractivity contribution in [2.75, 3.05) is 53.3 Å². The number of nitrogens with two attached hydrogens (primary N) is 1. The van der Waals surface area contributed by atoms with Gasteiger partial charge in [-0.1, -0.05) is 118 Å². The van der Waals surface area contributed by atoms with Gasteiger partial charge in [0.15, 0.2) is 5.15 Å². The number of methoxy groups -OCH3 is 3. The Labute approximate surface area is 461 Å². The number of benzene rings is 5. The van der Waals surface area contributed by atoms with Crippen LogP contribution in [-0.4, -0.2) is 116 Å². The quantitative estimate of drug-likeness (QED) is 0.0660. The Hall–Kier alpha value is -6.24. The molecular weight excluding hydrogens is 1070 g/mol. The molecule has 18 nitrogen and oxygen atoms in total. The highest BCUT2D eigenvalue weighted by Crippen LogP contribution is 2.35. The molecule has 3 heterocycles. The molecule has 0 bridgehead atoms. The second-order valence-corrected chi connectivity index (χ2v) is 22.8. The summed E-state index contributed by atoms with van der Waals surface area (Å²) in [6.45, 7) is 14.7. The van der Waals surface area contributed by atoms with Crippen molar-refractivity contribution < 1.29 is 34.3 Å². The summed E-state index contributed by atoms with van der Waals surface area (Å²) in [7, 11) is 1.08. The molecule has 0 fully saturated rings. The number of rotatable bonds is 12. The number of halogens is 3. The number of para-hydroxylation sites is 3. The van der Waals surface area contributed by atoms with E-state index in [-0.39, 0.29) is 31.4 Å². The molecule has 0 atom stereocenters. The standard InChI is InChI=1S/C20H23N4O2P.C11H10ClN3O.C9H14NP.C7H9BO3.C4H3Cl2N3.CH4.H2O/c1-14-19(17-7-5-6-8-18(17)26-2)22-20(24-23-14)21-13-15-9-11-16(12-10-15)27(3,4)25;1-7-10(13-11(12)15-14-7)8-5-3-4-6-9(8)16-2;1-11(2)9-5-3-8(7-10)4-6-9;1-11-7-5-3-2-4-6(7)8(9)10;1-2-3(5)7-4(6)9-8-2;;/h5-12H,13H2,1-4H3,(H,21,22,24);3-6H,1-2H3;3-6H,7,10H2,1-2H3;2-5,9-10H,1H3;1H3;1H4;1H2. The van der Waals surface area contributed by atoms with Gasteiger partial charge in [-0.3, -0.25) is 0 Å². The van der Waals surface area contributed by atoms with Crippen LogP contribution < -0.4 is 41.3 Å². The fraction of sp³-hybridized carbons (Fsp3) is 0.250. The molecule has 0 aliphatic heterocycles. The minimum atomic E-state index is -2.24. The van der Waals surface area contributed by atoms with Crippen LogP contribution in [0.1, 0.15) is 35.6 Å².